The lowest BCUT2D eigenvalue weighted by molar-refractivity contribution is 1.32. The molecule has 14 heavy (non-hydrogen) atoms. The smallest absolute Gasteiger partial charge is 0.0374 e. The predicted molar refractivity (Wildman–Crippen MR) is 63.6 cm³/mol. The Morgan fingerprint density at radius 2 is 1.86 bits per heavy atom. The second-order valence-electron chi connectivity index (χ2n) is 3.00. The van der Waals surface area contributed by atoms with Gasteiger partial charge in [-0.05, 0) is 24.1 Å². The maximum atomic E-state index is 4.27. The molecule has 0 unspecified atom stereocenters. The molecule has 0 spiro atoms. The molecule has 1 aliphatic heterocycles. The number of rotatable bonds is 0. The Morgan fingerprint density at radius 1 is 1.14 bits per heavy atom. The van der Waals surface area contributed by atoms with Crippen LogP contribution in [0.4, 0.5) is 0 Å². The lowest BCUT2D eigenvalue weighted by Crippen LogP contribution is -1.87. The van der Waals surface area contributed by atoms with Crippen LogP contribution in [-0.4, -0.2) is 6.21 Å². The highest BCUT2D eigenvalue weighted by molar-refractivity contribution is 5.71. The molecule has 0 saturated carbocycles. The van der Waals surface area contributed by atoms with Crippen molar-refractivity contribution < 1.29 is 0 Å². The van der Waals surface area contributed by atoms with Gasteiger partial charge >= 0.3 is 0 Å². The largest absolute Gasteiger partial charge is 0.266 e. The van der Waals surface area contributed by atoms with Gasteiger partial charge in [0.2, 0.25) is 0 Å². The van der Waals surface area contributed by atoms with E-state index < -0.39 is 0 Å². The molecule has 0 amide bonds. The van der Waals surface area contributed by atoms with E-state index in [1.165, 1.54) is 11.1 Å². The Bertz CT molecular complexity index is 348. The summed E-state index contributed by atoms with van der Waals surface area (Å²) in [4.78, 5) is 4.27. The summed E-state index contributed by atoms with van der Waals surface area (Å²) in [6.07, 6.45) is 5.04. The molecule has 0 aromatic heterocycles. The van der Waals surface area contributed by atoms with Gasteiger partial charge in [-0.2, -0.15) is 0 Å². The number of nitrogens with zero attached hydrogens (tertiary/aromatic N) is 1. The molecular formula is C13H17N. The number of fused-ring (bicyclic) bond motifs is 1. The van der Waals surface area contributed by atoms with E-state index in [0.717, 1.165) is 12.1 Å². The lowest BCUT2D eigenvalue weighted by atomic mass is 10.1. The molecule has 1 nitrogen and oxygen atoms in total. The molecule has 0 aliphatic carbocycles. The van der Waals surface area contributed by atoms with Crippen molar-refractivity contribution in [2.24, 2.45) is 4.99 Å². The fourth-order valence-electron chi connectivity index (χ4n) is 1.41. The number of allylic oxidation sites excluding steroid dienone is 1. The summed E-state index contributed by atoms with van der Waals surface area (Å²) in [6, 6.07) is 8.42. The van der Waals surface area contributed by atoms with E-state index in [1.54, 1.807) is 0 Å². The number of hydrogen-bond donors (Lipinski definition) is 0. The Kier molecular flexibility index (Phi) is 4.11. The van der Waals surface area contributed by atoms with E-state index in [9.17, 15) is 0 Å². The third kappa shape index (κ3) is 2.56. The van der Waals surface area contributed by atoms with Crippen LogP contribution in [0.5, 0.6) is 0 Å². The third-order valence-electron chi connectivity index (χ3n) is 2.03. The zero-order chi connectivity index (χ0) is 10.4. The zero-order valence-electron chi connectivity index (χ0n) is 9.12. The van der Waals surface area contributed by atoms with E-state index in [1.807, 2.05) is 27.0 Å². The summed E-state index contributed by atoms with van der Waals surface area (Å²) in [5, 5.41) is 0. The molecule has 74 valence electrons. The van der Waals surface area contributed by atoms with Gasteiger partial charge < -0.3 is 0 Å². The van der Waals surface area contributed by atoms with Crippen molar-refractivity contribution >= 4 is 12.3 Å². The SMILES string of the molecule is CC.CC1=Cc2ccccc2CC=N1. The highest BCUT2D eigenvalue weighted by Gasteiger charge is 2.00. The molecule has 2 rings (SSSR count). The van der Waals surface area contributed by atoms with E-state index >= 15 is 0 Å². The molecule has 0 atom stereocenters. The second kappa shape index (κ2) is 5.38. The maximum absolute atomic E-state index is 4.27. The lowest BCUT2D eigenvalue weighted by Gasteiger charge is -1.99. The zero-order valence-corrected chi connectivity index (χ0v) is 9.12. The molecule has 0 fully saturated rings. The molecule has 1 heteroatoms. The summed E-state index contributed by atoms with van der Waals surface area (Å²) in [5.41, 5.74) is 3.74. The summed E-state index contributed by atoms with van der Waals surface area (Å²) in [6.45, 7) is 6.03. The van der Waals surface area contributed by atoms with Crippen LogP contribution in [0.15, 0.2) is 35.0 Å². The van der Waals surface area contributed by atoms with Crippen LogP contribution in [-0.2, 0) is 6.42 Å². The molecule has 1 heterocycles. The van der Waals surface area contributed by atoms with Gasteiger partial charge in [-0.15, -0.1) is 0 Å². The minimum atomic E-state index is 0.948. The van der Waals surface area contributed by atoms with Crippen LogP contribution in [0.3, 0.4) is 0 Å². The topological polar surface area (TPSA) is 12.4 Å². The molecule has 1 aromatic rings. The third-order valence-corrected chi connectivity index (χ3v) is 2.03. The minimum Gasteiger partial charge on any atom is -0.266 e. The normalized spacial score (nSPS) is 13.2. The van der Waals surface area contributed by atoms with Gasteiger partial charge in [-0.25, -0.2) is 0 Å². The standard InChI is InChI=1S/C11H11N.C2H6/c1-9-8-11-5-3-2-4-10(11)6-7-12-9;1-2/h2-5,7-8H,6H2,1H3;1-2H3. The molecule has 0 saturated heterocycles. The van der Waals surface area contributed by atoms with Gasteiger partial charge in [-0.1, -0.05) is 38.1 Å². The van der Waals surface area contributed by atoms with E-state index in [2.05, 4.69) is 35.3 Å². The Hall–Kier alpha value is -1.37. The molecule has 0 bridgehead atoms. The molecule has 1 aliphatic rings. The first kappa shape index (κ1) is 10.7. The quantitative estimate of drug-likeness (QED) is 0.587. The minimum absolute atomic E-state index is 0.948. The van der Waals surface area contributed by atoms with Gasteiger partial charge in [0.05, 0.1) is 0 Å². The molecule has 0 N–H and O–H groups in total. The van der Waals surface area contributed by atoms with Crippen LogP contribution < -0.4 is 0 Å². The number of aliphatic imine (C=N–C) groups is 1. The van der Waals surface area contributed by atoms with Crippen molar-refractivity contribution in [3.8, 4) is 0 Å². The second-order valence-corrected chi connectivity index (χ2v) is 3.00. The van der Waals surface area contributed by atoms with Crippen LogP contribution in [0.25, 0.3) is 6.08 Å². The highest BCUT2D eigenvalue weighted by atomic mass is 14.7. The van der Waals surface area contributed by atoms with Crippen LogP contribution in [0.2, 0.25) is 0 Å². The first-order valence-corrected chi connectivity index (χ1v) is 5.15. The highest BCUT2D eigenvalue weighted by Crippen LogP contribution is 2.16. The predicted octanol–water partition coefficient (Wildman–Crippen LogP) is 3.70. The summed E-state index contributed by atoms with van der Waals surface area (Å²) < 4.78 is 0. The molecule has 0 radical (unpaired) electrons. The van der Waals surface area contributed by atoms with Crippen molar-refractivity contribution in [3.63, 3.8) is 0 Å². The average Bonchev–Trinajstić information content (AvgIpc) is 2.41. The fourth-order valence-corrected chi connectivity index (χ4v) is 1.41. The monoisotopic (exact) mass is 187 g/mol. The van der Waals surface area contributed by atoms with Crippen molar-refractivity contribution in [1.82, 2.24) is 0 Å². The van der Waals surface area contributed by atoms with Crippen LogP contribution in [0.1, 0.15) is 31.9 Å². The summed E-state index contributed by atoms with van der Waals surface area (Å²) in [5.74, 6) is 0. The van der Waals surface area contributed by atoms with E-state index in [0.29, 0.717) is 0 Å². The van der Waals surface area contributed by atoms with Gasteiger partial charge in [0.15, 0.2) is 0 Å². The van der Waals surface area contributed by atoms with E-state index in [4.69, 9.17) is 0 Å². The van der Waals surface area contributed by atoms with Crippen molar-refractivity contribution in [2.45, 2.75) is 27.2 Å². The Labute approximate surface area is 86.2 Å². The Balaban J connectivity index is 0.000000461. The van der Waals surface area contributed by atoms with Crippen molar-refractivity contribution in [1.29, 1.82) is 0 Å². The van der Waals surface area contributed by atoms with Crippen LogP contribution in [0, 0.1) is 0 Å². The average molecular weight is 187 g/mol. The Morgan fingerprint density at radius 3 is 2.64 bits per heavy atom. The first-order chi connectivity index (χ1) is 6.86. The van der Waals surface area contributed by atoms with Gasteiger partial charge in [0.25, 0.3) is 0 Å². The molecule has 1 aromatic carbocycles. The van der Waals surface area contributed by atoms with Gasteiger partial charge in [0, 0.05) is 18.3 Å². The number of benzene rings is 1. The fraction of sp³-hybridized carbons (Fsp3) is 0.308. The van der Waals surface area contributed by atoms with Gasteiger partial charge in [-0.3, -0.25) is 4.99 Å². The number of hydrogen-bond acceptors (Lipinski definition) is 1. The summed E-state index contributed by atoms with van der Waals surface area (Å²) in [7, 11) is 0. The van der Waals surface area contributed by atoms with Crippen molar-refractivity contribution in [3.05, 3.63) is 41.1 Å². The van der Waals surface area contributed by atoms with E-state index in [-0.39, 0.29) is 0 Å². The summed E-state index contributed by atoms with van der Waals surface area (Å²) >= 11 is 0. The van der Waals surface area contributed by atoms with Gasteiger partial charge in [0.1, 0.15) is 0 Å². The maximum Gasteiger partial charge on any atom is 0.0374 e. The van der Waals surface area contributed by atoms with Crippen LogP contribution >= 0.6 is 0 Å². The first-order valence-electron chi connectivity index (χ1n) is 5.15. The van der Waals surface area contributed by atoms with Crippen molar-refractivity contribution in [2.75, 3.05) is 0 Å². The molecular weight excluding hydrogens is 170 g/mol.